The van der Waals surface area contributed by atoms with E-state index in [4.69, 9.17) is 11.6 Å². The van der Waals surface area contributed by atoms with E-state index in [0.29, 0.717) is 12.1 Å². The molecule has 0 unspecified atom stereocenters. The molecule has 1 aliphatic heterocycles. The van der Waals surface area contributed by atoms with Gasteiger partial charge in [-0.2, -0.15) is 0 Å². The van der Waals surface area contributed by atoms with Crippen LogP contribution < -0.4 is 0 Å². The number of rotatable bonds is 4. The van der Waals surface area contributed by atoms with E-state index in [2.05, 4.69) is 0 Å². The second kappa shape index (κ2) is 6.83. The van der Waals surface area contributed by atoms with Crippen molar-refractivity contribution in [2.24, 2.45) is 0 Å². The maximum Gasteiger partial charge on any atom is 0.246 e. The molecule has 1 aliphatic rings. The number of benzene rings is 2. The van der Waals surface area contributed by atoms with E-state index >= 15 is 0 Å². The molecule has 146 valence electrons. The Morgan fingerprint density at radius 3 is 2.33 bits per heavy atom. The fourth-order valence-corrected chi connectivity index (χ4v) is 4.50. The summed E-state index contributed by atoms with van der Waals surface area (Å²) in [5, 5.41) is 30.3. The average Bonchev–Trinajstić information content (AvgIpc) is 2.99. The lowest BCUT2D eigenvalue weighted by molar-refractivity contribution is 0.272. The maximum atomic E-state index is 13.3. The van der Waals surface area contributed by atoms with E-state index in [1.165, 1.54) is 26.2 Å². The topological polar surface area (TPSA) is 101 Å². The van der Waals surface area contributed by atoms with E-state index < -0.39 is 38.0 Å². The number of sulfonamides is 1. The SMILES string of the molecule is CN(C)S(=O)(=O)c1c(O)c(O)c(O)c2c1CN(Cc1ccc(F)c(Cl)c1)C2. The Labute approximate surface area is 160 Å². The van der Waals surface area contributed by atoms with Gasteiger partial charge >= 0.3 is 0 Å². The van der Waals surface area contributed by atoms with Crippen LogP contribution in [0.4, 0.5) is 4.39 Å². The molecule has 2 aromatic carbocycles. The van der Waals surface area contributed by atoms with Gasteiger partial charge in [0.15, 0.2) is 11.5 Å². The van der Waals surface area contributed by atoms with Gasteiger partial charge in [-0.3, -0.25) is 4.90 Å². The minimum absolute atomic E-state index is 0.0294. The van der Waals surface area contributed by atoms with Gasteiger partial charge in [-0.1, -0.05) is 17.7 Å². The molecular weight excluding hydrogens is 399 g/mol. The first-order valence-electron chi connectivity index (χ1n) is 7.91. The number of phenols is 3. The lowest BCUT2D eigenvalue weighted by Gasteiger charge is -2.18. The fourth-order valence-electron chi connectivity index (χ4n) is 3.09. The maximum absolute atomic E-state index is 13.3. The Bertz CT molecular complexity index is 1030. The van der Waals surface area contributed by atoms with Gasteiger partial charge in [-0.05, 0) is 23.3 Å². The van der Waals surface area contributed by atoms with Gasteiger partial charge in [0.1, 0.15) is 10.7 Å². The van der Waals surface area contributed by atoms with Crippen molar-refractivity contribution in [3.63, 3.8) is 0 Å². The highest BCUT2D eigenvalue weighted by Gasteiger charge is 2.36. The molecular formula is C17H18ClFN2O5S. The Morgan fingerprint density at radius 2 is 1.74 bits per heavy atom. The van der Waals surface area contributed by atoms with E-state index in [1.54, 1.807) is 11.0 Å². The van der Waals surface area contributed by atoms with Crippen molar-refractivity contribution in [1.29, 1.82) is 0 Å². The van der Waals surface area contributed by atoms with Crippen LogP contribution in [0.15, 0.2) is 23.1 Å². The van der Waals surface area contributed by atoms with Crippen LogP contribution >= 0.6 is 11.6 Å². The number of hydrogen-bond donors (Lipinski definition) is 3. The zero-order chi connectivity index (χ0) is 20.1. The molecule has 3 rings (SSSR count). The summed E-state index contributed by atoms with van der Waals surface area (Å²) in [7, 11) is -1.46. The summed E-state index contributed by atoms with van der Waals surface area (Å²) in [6.45, 7) is 0.547. The van der Waals surface area contributed by atoms with Crippen molar-refractivity contribution < 1.29 is 28.1 Å². The van der Waals surface area contributed by atoms with Crippen LogP contribution in [0.2, 0.25) is 5.02 Å². The minimum Gasteiger partial charge on any atom is -0.504 e. The summed E-state index contributed by atoms with van der Waals surface area (Å²) in [5.41, 5.74) is 1.13. The van der Waals surface area contributed by atoms with Crippen LogP contribution in [0.5, 0.6) is 17.2 Å². The number of aromatic hydroxyl groups is 3. The van der Waals surface area contributed by atoms with Gasteiger partial charge in [-0.15, -0.1) is 0 Å². The van der Waals surface area contributed by atoms with E-state index in [9.17, 15) is 28.1 Å². The Morgan fingerprint density at radius 1 is 1.11 bits per heavy atom. The van der Waals surface area contributed by atoms with Crippen molar-refractivity contribution in [1.82, 2.24) is 9.21 Å². The third kappa shape index (κ3) is 3.31. The molecule has 0 atom stereocenters. The number of nitrogens with zero attached hydrogens (tertiary/aromatic N) is 2. The van der Waals surface area contributed by atoms with Gasteiger partial charge in [0.25, 0.3) is 0 Å². The van der Waals surface area contributed by atoms with Crippen molar-refractivity contribution in [3.05, 3.63) is 45.7 Å². The molecule has 3 N–H and O–H groups in total. The van der Waals surface area contributed by atoms with Crippen molar-refractivity contribution in [3.8, 4) is 17.2 Å². The molecule has 0 spiro atoms. The second-order valence-corrected chi connectivity index (χ2v) is 9.01. The first-order chi connectivity index (χ1) is 12.5. The van der Waals surface area contributed by atoms with Crippen LogP contribution in [-0.2, 0) is 29.7 Å². The van der Waals surface area contributed by atoms with Crippen molar-refractivity contribution >= 4 is 21.6 Å². The molecule has 27 heavy (non-hydrogen) atoms. The van der Waals surface area contributed by atoms with Crippen molar-refractivity contribution in [2.75, 3.05) is 14.1 Å². The Kier molecular flexibility index (Phi) is 4.98. The number of phenolic OH excluding ortho intramolecular Hbond substituents is 3. The van der Waals surface area contributed by atoms with Gasteiger partial charge in [0.2, 0.25) is 15.8 Å². The fraction of sp³-hybridized carbons (Fsp3) is 0.294. The number of halogens is 2. The smallest absolute Gasteiger partial charge is 0.246 e. The molecule has 1 heterocycles. The van der Waals surface area contributed by atoms with E-state index in [1.807, 2.05) is 0 Å². The molecule has 0 radical (unpaired) electrons. The summed E-state index contributed by atoms with van der Waals surface area (Å²) >= 11 is 5.79. The molecule has 0 amide bonds. The molecule has 0 fully saturated rings. The van der Waals surface area contributed by atoms with Gasteiger partial charge in [-0.25, -0.2) is 17.1 Å². The highest BCUT2D eigenvalue weighted by atomic mass is 35.5. The monoisotopic (exact) mass is 416 g/mol. The summed E-state index contributed by atoms with van der Waals surface area (Å²) in [5.74, 6) is -2.86. The molecule has 0 saturated heterocycles. The highest BCUT2D eigenvalue weighted by molar-refractivity contribution is 7.89. The quantitative estimate of drug-likeness (QED) is 0.661. The van der Waals surface area contributed by atoms with Crippen molar-refractivity contribution in [2.45, 2.75) is 24.5 Å². The molecule has 0 aliphatic carbocycles. The van der Waals surface area contributed by atoms with Crippen LogP contribution in [0.1, 0.15) is 16.7 Å². The molecule has 0 aromatic heterocycles. The van der Waals surface area contributed by atoms with Crippen LogP contribution in [0.25, 0.3) is 0 Å². The van der Waals surface area contributed by atoms with Gasteiger partial charge in [0, 0.05) is 39.3 Å². The Balaban J connectivity index is 2.03. The first-order valence-corrected chi connectivity index (χ1v) is 9.73. The Hall–Kier alpha value is -2.07. The predicted octanol–water partition coefficient (Wildman–Crippen LogP) is 2.36. The molecule has 2 aromatic rings. The van der Waals surface area contributed by atoms with Crippen LogP contribution in [0, 0.1) is 5.82 Å². The minimum atomic E-state index is -4.07. The second-order valence-electron chi connectivity index (χ2n) is 6.51. The van der Waals surface area contributed by atoms with E-state index in [0.717, 1.165) is 4.31 Å². The standard InChI is InChI=1S/C17H18ClFN2O5S/c1-20(2)27(25,26)17-11-8-21(6-9-3-4-13(19)12(18)5-9)7-10(11)14(22)15(23)16(17)24/h3-5,22-24H,6-8H2,1-2H3. The third-order valence-electron chi connectivity index (χ3n) is 4.48. The summed E-state index contributed by atoms with van der Waals surface area (Å²) in [6, 6.07) is 4.25. The lowest BCUT2D eigenvalue weighted by atomic mass is 10.1. The van der Waals surface area contributed by atoms with Crippen LogP contribution in [0.3, 0.4) is 0 Å². The first kappa shape index (κ1) is 19.7. The van der Waals surface area contributed by atoms with Gasteiger partial charge in [0.05, 0.1) is 5.02 Å². The molecule has 10 heteroatoms. The summed E-state index contributed by atoms with van der Waals surface area (Å²) in [6.07, 6.45) is 0. The average molecular weight is 417 g/mol. The van der Waals surface area contributed by atoms with Gasteiger partial charge < -0.3 is 15.3 Å². The zero-order valence-corrected chi connectivity index (χ0v) is 16.1. The molecule has 7 nitrogen and oxygen atoms in total. The summed E-state index contributed by atoms with van der Waals surface area (Å²) < 4.78 is 39.5. The summed E-state index contributed by atoms with van der Waals surface area (Å²) in [4.78, 5) is 1.35. The molecule has 0 saturated carbocycles. The normalized spacial score (nSPS) is 14.7. The zero-order valence-electron chi connectivity index (χ0n) is 14.6. The lowest BCUT2D eigenvalue weighted by Crippen LogP contribution is -2.24. The number of fused-ring (bicyclic) bond motifs is 1. The molecule has 0 bridgehead atoms. The number of hydrogen-bond acceptors (Lipinski definition) is 6. The van der Waals surface area contributed by atoms with Crippen LogP contribution in [-0.4, -0.2) is 47.0 Å². The largest absolute Gasteiger partial charge is 0.504 e. The van der Waals surface area contributed by atoms with E-state index in [-0.39, 0.29) is 29.2 Å². The highest BCUT2D eigenvalue weighted by Crippen LogP contribution is 2.49. The third-order valence-corrected chi connectivity index (χ3v) is 6.69. The predicted molar refractivity (Wildman–Crippen MR) is 96.7 cm³/mol.